The lowest BCUT2D eigenvalue weighted by atomic mass is 10.2. The molecular formula is C17H14BrClN4O2S. The van der Waals surface area contributed by atoms with Crippen molar-refractivity contribution in [2.45, 2.75) is 17.3 Å². The molecule has 9 heteroatoms. The summed E-state index contributed by atoms with van der Waals surface area (Å²) in [6, 6.07) is 10.8. The van der Waals surface area contributed by atoms with Crippen molar-refractivity contribution in [3.63, 3.8) is 0 Å². The van der Waals surface area contributed by atoms with Gasteiger partial charge in [-0.05, 0) is 47.1 Å². The number of phenols is 1. The minimum absolute atomic E-state index is 0.00269. The van der Waals surface area contributed by atoms with Crippen LogP contribution in [0.15, 0.2) is 51.1 Å². The van der Waals surface area contributed by atoms with E-state index in [-0.39, 0.29) is 11.7 Å². The van der Waals surface area contributed by atoms with Gasteiger partial charge in [-0.15, -0.1) is 0 Å². The quantitative estimate of drug-likeness (QED) is 0.305. The topological polar surface area (TPSA) is 90.4 Å². The standard InChI is InChI=1S/C17H14BrClN4O2S/c1-9(26-17-21-13-4-2-3-5-14(13)22-17)16(25)23-20-8-10-6-11(19)7-12(18)15(10)24/h2-9,24H,1H3,(H,21,22)(H,23,25)/b20-8-/t9-/m1/s1. The molecule has 6 nitrogen and oxygen atoms in total. The molecule has 1 aromatic heterocycles. The van der Waals surface area contributed by atoms with Crippen LogP contribution in [-0.4, -0.2) is 32.4 Å². The maximum absolute atomic E-state index is 12.2. The first-order valence-electron chi connectivity index (χ1n) is 7.56. The molecule has 26 heavy (non-hydrogen) atoms. The normalized spacial score (nSPS) is 12.6. The summed E-state index contributed by atoms with van der Waals surface area (Å²) in [6.45, 7) is 1.76. The van der Waals surface area contributed by atoms with E-state index >= 15 is 0 Å². The number of aromatic hydroxyl groups is 1. The number of imidazole rings is 1. The smallest absolute Gasteiger partial charge is 0.253 e. The number of hydrazone groups is 1. The highest BCUT2D eigenvalue weighted by atomic mass is 79.9. The molecule has 1 amide bonds. The number of para-hydroxylation sites is 2. The third-order valence-corrected chi connectivity index (χ3v) is 5.27. The van der Waals surface area contributed by atoms with Crippen molar-refractivity contribution in [3.05, 3.63) is 51.5 Å². The molecule has 1 heterocycles. The van der Waals surface area contributed by atoms with E-state index in [0.29, 0.717) is 20.2 Å². The van der Waals surface area contributed by atoms with Crippen molar-refractivity contribution in [1.29, 1.82) is 0 Å². The summed E-state index contributed by atoms with van der Waals surface area (Å²) in [5.41, 5.74) is 4.61. The molecule has 0 bridgehead atoms. The Morgan fingerprint density at radius 3 is 3.00 bits per heavy atom. The van der Waals surface area contributed by atoms with Crippen molar-refractivity contribution < 1.29 is 9.90 Å². The second-order valence-corrected chi connectivity index (χ2v) is 8.00. The molecular weight excluding hydrogens is 440 g/mol. The van der Waals surface area contributed by atoms with E-state index in [2.05, 4.69) is 36.4 Å². The number of H-pyrrole nitrogens is 1. The van der Waals surface area contributed by atoms with Gasteiger partial charge in [-0.3, -0.25) is 4.79 Å². The zero-order valence-electron chi connectivity index (χ0n) is 13.5. The number of nitrogens with one attached hydrogen (secondary N) is 2. The maximum Gasteiger partial charge on any atom is 0.253 e. The van der Waals surface area contributed by atoms with Crippen LogP contribution in [0.4, 0.5) is 0 Å². The number of carbonyl (C=O) groups is 1. The molecule has 0 aliphatic rings. The maximum atomic E-state index is 12.2. The highest BCUT2D eigenvalue weighted by Crippen LogP contribution is 2.30. The monoisotopic (exact) mass is 452 g/mol. The van der Waals surface area contributed by atoms with Gasteiger partial charge in [0.25, 0.3) is 5.91 Å². The van der Waals surface area contributed by atoms with E-state index in [1.807, 2.05) is 24.3 Å². The molecule has 2 aromatic carbocycles. The Labute approximate surface area is 167 Å². The van der Waals surface area contributed by atoms with Gasteiger partial charge in [0.05, 0.1) is 27.0 Å². The van der Waals surface area contributed by atoms with Crippen molar-refractivity contribution >= 4 is 62.4 Å². The Hall–Kier alpha value is -2.03. The Morgan fingerprint density at radius 2 is 2.23 bits per heavy atom. The summed E-state index contributed by atoms with van der Waals surface area (Å²) in [6.07, 6.45) is 1.34. The van der Waals surface area contributed by atoms with Crippen LogP contribution in [0, 0.1) is 0 Å². The number of carbonyl (C=O) groups excluding carboxylic acids is 1. The molecule has 0 saturated carbocycles. The number of halogens is 2. The van der Waals surface area contributed by atoms with Gasteiger partial charge in [-0.1, -0.05) is 35.5 Å². The van der Waals surface area contributed by atoms with Gasteiger partial charge in [-0.25, -0.2) is 10.4 Å². The number of hydrogen-bond acceptors (Lipinski definition) is 5. The molecule has 1 atom stereocenters. The second-order valence-electron chi connectivity index (χ2n) is 5.38. The molecule has 3 aromatic rings. The van der Waals surface area contributed by atoms with Gasteiger partial charge < -0.3 is 10.1 Å². The number of fused-ring (bicyclic) bond motifs is 1. The average Bonchev–Trinajstić information content (AvgIpc) is 3.01. The number of benzene rings is 2. The Kier molecular flexibility index (Phi) is 5.85. The van der Waals surface area contributed by atoms with E-state index in [0.717, 1.165) is 11.0 Å². The minimum atomic E-state index is -0.410. The first kappa shape index (κ1) is 18.8. The molecule has 0 aliphatic carbocycles. The van der Waals surface area contributed by atoms with E-state index in [1.165, 1.54) is 18.0 Å². The fraction of sp³-hybridized carbons (Fsp3) is 0.118. The summed E-state index contributed by atoms with van der Waals surface area (Å²) < 4.78 is 0.451. The van der Waals surface area contributed by atoms with Crippen molar-refractivity contribution in [2.75, 3.05) is 0 Å². The van der Waals surface area contributed by atoms with Gasteiger partial charge >= 0.3 is 0 Å². The van der Waals surface area contributed by atoms with E-state index in [1.54, 1.807) is 19.1 Å². The highest BCUT2D eigenvalue weighted by Gasteiger charge is 2.16. The van der Waals surface area contributed by atoms with Gasteiger partial charge in [0.2, 0.25) is 0 Å². The number of thioether (sulfide) groups is 1. The van der Waals surface area contributed by atoms with Gasteiger partial charge in [-0.2, -0.15) is 5.10 Å². The zero-order valence-corrected chi connectivity index (χ0v) is 16.7. The summed E-state index contributed by atoms with van der Waals surface area (Å²) in [7, 11) is 0. The number of hydrogen-bond donors (Lipinski definition) is 3. The van der Waals surface area contributed by atoms with E-state index in [9.17, 15) is 9.90 Å². The van der Waals surface area contributed by atoms with Crippen LogP contribution in [-0.2, 0) is 4.79 Å². The molecule has 3 N–H and O–H groups in total. The summed E-state index contributed by atoms with van der Waals surface area (Å²) >= 11 is 10.4. The number of amides is 1. The second kappa shape index (κ2) is 8.11. The third kappa shape index (κ3) is 4.38. The van der Waals surface area contributed by atoms with Crippen LogP contribution in [0.3, 0.4) is 0 Å². The Balaban J connectivity index is 1.62. The van der Waals surface area contributed by atoms with Crippen molar-refractivity contribution in [3.8, 4) is 5.75 Å². The number of phenolic OH excluding ortho intramolecular Hbond substituents is 1. The third-order valence-electron chi connectivity index (χ3n) is 3.46. The predicted octanol–water partition coefficient (Wildman–Crippen LogP) is 4.32. The zero-order chi connectivity index (χ0) is 18.7. The molecule has 0 spiro atoms. The fourth-order valence-corrected chi connectivity index (χ4v) is 3.80. The van der Waals surface area contributed by atoms with Crippen LogP contribution < -0.4 is 5.43 Å². The van der Waals surface area contributed by atoms with Crippen LogP contribution in [0.2, 0.25) is 5.02 Å². The Morgan fingerprint density at radius 1 is 1.46 bits per heavy atom. The SMILES string of the molecule is C[C@@H](Sc1nc2ccccc2[nH]1)C(=O)N/N=C\c1cc(Cl)cc(Br)c1O. The number of aromatic nitrogens is 2. The summed E-state index contributed by atoms with van der Waals surface area (Å²) in [5, 5.41) is 14.5. The molecule has 0 saturated heterocycles. The molecule has 0 unspecified atom stereocenters. The fourth-order valence-electron chi connectivity index (χ4n) is 2.15. The minimum Gasteiger partial charge on any atom is -0.506 e. The molecule has 134 valence electrons. The first-order valence-corrected chi connectivity index (χ1v) is 9.61. The summed E-state index contributed by atoms with van der Waals surface area (Å²) in [5.74, 6) is -0.288. The van der Waals surface area contributed by atoms with E-state index in [4.69, 9.17) is 11.6 Å². The van der Waals surface area contributed by atoms with Gasteiger partial charge in [0.1, 0.15) is 5.75 Å². The average molecular weight is 454 g/mol. The largest absolute Gasteiger partial charge is 0.506 e. The molecule has 0 aliphatic heterocycles. The molecule has 0 fully saturated rings. The Bertz CT molecular complexity index is 959. The number of aromatic amines is 1. The number of rotatable bonds is 5. The lowest BCUT2D eigenvalue weighted by Gasteiger charge is -2.07. The summed E-state index contributed by atoms with van der Waals surface area (Å²) in [4.78, 5) is 19.8. The lowest BCUT2D eigenvalue weighted by molar-refractivity contribution is -0.120. The van der Waals surface area contributed by atoms with Gasteiger partial charge in [0.15, 0.2) is 5.16 Å². The van der Waals surface area contributed by atoms with Crippen molar-refractivity contribution in [2.24, 2.45) is 5.10 Å². The lowest BCUT2D eigenvalue weighted by Crippen LogP contribution is -2.26. The van der Waals surface area contributed by atoms with Crippen LogP contribution >= 0.6 is 39.3 Å². The molecule has 3 rings (SSSR count). The molecule has 0 radical (unpaired) electrons. The van der Waals surface area contributed by atoms with Crippen LogP contribution in [0.5, 0.6) is 5.75 Å². The van der Waals surface area contributed by atoms with Crippen molar-refractivity contribution in [1.82, 2.24) is 15.4 Å². The highest BCUT2D eigenvalue weighted by molar-refractivity contribution is 9.10. The van der Waals surface area contributed by atoms with Gasteiger partial charge in [0, 0.05) is 10.6 Å². The van der Waals surface area contributed by atoms with Crippen LogP contribution in [0.25, 0.3) is 11.0 Å². The number of nitrogens with zero attached hydrogens (tertiary/aromatic N) is 2. The van der Waals surface area contributed by atoms with Crippen LogP contribution in [0.1, 0.15) is 12.5 Å². The first-order chi connectivity index (χ1) is 12.4. The predicted molar refractivity (Wildman–Crippen MR) is 108 cm³/mol. The van der Waals surface area contributed by atoms with E-state index < -0.39 is 5.25 Å².